The number of nitrogens with zero attached hydrogens (tertiary/aromatic N) is 4. The molecule has 0 radical (unpaired) electrons. The van der Waals surface area contributed by atoms with Gasteiger partial charge in [0, 0.05) is 45.1 Å². The molecule has 0 spiro atoms. The van der Waals surface area contributed by atoms with Crippen LogP contribution in [0.3, 0.4) is 0 Å². The van der Waals surface area contributed by atoms with Crippen LogP contribution >= 0.6 is 0 Å². The third kappa shape index (κ3) is 3.87. The summed E-state index contributed by atoms with van der Waals surface area (Å²) in [5.41, 5.74) is 2.01. The van der Waals surface area contributed by atoms with Crippen LogP contribution in [0.2, 0.25) is 0 Å². The fourth-order valence-corrected chi connectivity index (χ4v) is 3.28. The van der Waals surface area contributed by atoms with Crippen LogP contribution in [0.15, 0.2) is 36.9 Å². The Morgan fingerprint density at radius 2 is 2.24 bits per heavy atom. The van der Waals surface area contributed by atoms with Crippen molar-refractivity contribution in [3.8, 4) is 0 Å². The summed E-state index contributed by atoms with van der Waals surface area (Å²) in [5.74, 6) is -0.474. The summed E-state index contributed by atoms with van der Waals surface area (Å²) < 4.78 is 1.87. The Balaban J connectivity index is 1.57. The fourth-order valence-electron chi connectivity index (χ4n) is 3.28. The fraction of sp³-hybridized carbons (Fsp3) is 0.444. The van der Waals surface area contributed by atoms with Gasteiger partial charge in [0.05, 0.1) is 18.2 Å². The summed E-state index contributed by atoms with van der Waals surface area (Å²) in [4.78, 5) is 30.5. The smallest absolute Gasteiger partial charge is 0.226 e. The van der Waals surface area contributed by atoms with E-state index < -0.39 is 0 Å². The van der Waals surface area contributed by atoms with E-state index in [4.69, 9.17) is 0 Å². The van der Waals surface area contributed by atoms with Gasteiger partial charge in [0.25, 0.3) is 0 Å². The van der Waals surface area contributed by atoms with Gasteiger partial charge in [-0.1, -0.05) is 6.07 Å². The molecule has 7 heteroatoms. The van der Waals surface area contributed by atoms with E-state index in [2.05, 4.69) is 15.4 Å². The lowest BCUT2D eigenvalue weighted by atomic mass is 9.94. The number of amides is 2. The average molecular weight is 341 g/mol. The lowest BCUT2D eigenvalue weighted by Crippen LogP contribution is -2.35. The van der Waals surface area contributed by atoms with Crippen LogP contribution in [0.5, 0.6) is 0 Å². The van der Waals surface area contributed by atoms with Crippen LogP contribution < -0.4 is 5.32 Å². The van der Waals surface area contributed by atoms with E-state index in [9.17, 15) is 9.59 Å². The van der Waals surface area contributed by atoms with Gasteiger partial charge >= 0.3 is 0 Å². The molecule has 25 heavy (non-hydrogen) atoms. The molecule has 1 fully saturated rings. The molecule has 0 aromatic carbocycles. The first-order valence-corrected chi connectivity index (χ1v) is 8.48. The molecule has 0 unspecified atom stereocenters. The van der Waals surface area contributed by atoms with Crippen LogP contribution in [0.4, 0.5) is 0 Å². The van der Waals surface area contributed by atoms with Gasteiger partial charge in [-0.05, 0) is 30.5 Å². The molecule has 2 atom stereocenters. The average Bonchev–Trinajstić information content (AvgIpc) is 3.16. The zero-order chi connectivity index (χ0) is 17.8. The zero-order valence-electron chi connectivity index (χ0n) is 14.6. The molecule has 1 aliphatic rings. The second-order valence-corrected chi connectivity index (χ2v) is 6.47. The molecule has 7 nitrogen and oxygen atoms in total. The Morgan fingerprint density at radius 1 is 1.40 bits per heavy atom. The standard InChI is InChI=1S/C18H23N5O2/c1-13-10-21-23(12-13)8-4-7-20-18(25)15-9-16(24)22(2)17(15)14-5-3-6-19-11-14/h3,5-6,10-12,15,17H,4,7-9H2,1-2H3,(H,20,25)/t15-,17+/m0/s1. The lowest BCUT2D eigenvalue weighted by Gasteiger charge is -2.24. The molecule has 0 bridgehead atoms. The highest BCUT2D eigenvalue weighted by Crippen LogP contribution is 2.36. The predicted molar refractivity (Wildman–Crippen MR) is 92.4 cm³/mol. The molecule has 1 saturated heterocycles. The van der Waals surface area contributed by atoms with Gasteiger partial charge in [-0.2, -0.15) is 5.10 Å². The maximum Gasteiger partial charge on any atom is 0.226 e. The van der Waals surface area contributed by atoms with Gasteiger partial charge in [-0.15, -0.1) is 0 Å². The number of hydrogen-bond acceptors (Lipinski definition) is 4. The molecule has 2 aromatic rings. The predicted octanol–water partition coefficient (Wildman–Crippen LogP) is 1.31. The maximum atomic E-state index is 12.6. The molecular formula is C18H23N5O2. The molecule has 1 N–H and O–H groups in total. The molecule has 3 rings (SSSR count). The highest BCUT2D eigenvalue weighted by atomic mass is 16.2. The van der Waals surface area contributed by atoms with Crippen molar-refractivity contribution in [3.63, 3.8) is 0 Å². The minimum atomic E-state index is -0.381. The van der Waals surface area contributed by atoms with Crippen molar-refractivity contribution in [2.45, 2.75) is 32.4 Å². The van der Waals surface area contributed by atoms with Crippen molar-refractivity contribution in [1.82, 2.24) is 25.0 Å². The van der Waals surface area contributed by atoms with Gasteiger partial charge in [-0.3, -0.25) is 19.3 Å². The largest absolute Gasteiger partial charge is 0.356 e. The van der Waals surface area contributed by atoms with Gasteiger partial charge in [0.15, 0.2) is 0 Å². The third-order valence-corrected chi connectivity index (χ3v) is 4.57. The van der Waals surface area contributed by atoms with E-state index in [1.807, 2.05) is 36.1 Å². The highest BCUT2D eigenvalue weighted by Gasteiger charge is 2.42. The van der Waals surface area contributed by atoms with Crippen molar-refractivity contribution in [1.29, 1.82) is 0 Å². The molecule has 2 aromatic heterocycles. The minimum Gasteiger partial charge on any atom is -0.356 e. The van der Waals surface area contributed by atoms with E-state index in [0.29, 0.717) is 6.54 Å². The second-order valence-electron chi connectivity index (χ2n) is 6.47. The number of carbonyl (C=O) groups is 2. The van der Waals surface area contributed by atoms with Crippen molar-refractivity contribution in [3.05, 3.63) is 48.0 Å². The summed E-state index contributed by atoms with van der Waals surface area (Å²) in [6, 6.07) is 3.48. The van der Waals surface area contributed by atoms with Crippen LogP contribution in [-0.2, 0) is 16.1 Å². The van der Waals surface area contributed by atoms with Crippen molar-refractivity contribution in [2.24, 2.45) is 5.92 Å². The number of nitrogens with one attached hydrogen (secondary N) is 1. The number of likely N-dealkylation sites (tertiary alicyclic amines) is 1. The van der Waals surface area contributed by atoms with E-state index in [1.54, 1.807) is 24.3 Å². The topological polar surface area (TPSA) is 80.1 Å². The Morgan fingerprint density at radius 3 is 2.92 bits per heavy atom. The Labute approximate surface area is 147 Å². The number of aromatic nitrogens is 3. The Bertz CT molecular complexity index is 743. The zero-order valence-corrected chi connectivity index (χ0v) is 14.6. The molecule has 3 heterocycles. The highest BCUT2D eigenvalue weighted by molar-refractivity contribution is 5.90. The normalized spacial score (nSPS) is 20.1. The number of hydrogen-bond donors (Lipinski definition) is 1. The molecular weight excluding hydrogens is 318 g/mol. The molecule has 0 aliphatic carbocycles. The number of aryl methyl sites for hydroxylation is 2. The maximum absolute atomic E-state index is 12.6. The monoisotopic (exact) mass is 341 g/mol. The second kappa shape index (κ2) is 7.46. The van der Waals surface area contributed by atoms with E-state index in [1.165, 1.54) is 0 Å². The number of rotatable bonds is 6. The molecule has 2 amide bonds. The number of pyridine rings is 1. The lowest BCUT2D eigenvalue weighted by molar-refractivity contribution is -0.128. The summed E-state index contributed by atoms with van der Waals surface area (Å²) >= 11 is 0. The van der Waals surface area contributed by atoms with Crippen molar-refractivity contribution >= 4 is 11.8 Å². The molecule has 0 saturated carbocycles. The third-order valence-electron chi connectivity index (χ3n) is 4.57. The summed E-state index contributed by atoms with van der Waals surface area (Å²) in [6.07, 6.45) is 8.23. The first-order chi connectivity index (χ1) is 12.1. The van der Waals surface area contributed by atoms with E-state index >= 15 is 0 Å². The number of carbonyl (C=O) groups excluding carboxylic acids is 2. The van der Waals surface area contributed by atoms with Gasteiger partial charge in [0.2, 0.25) is 11.8 Å². The molecule has 132 valence electrons. The quantitative estimate of drug-likeness (QED) is 0.804. The van der Waals surface area contributed by atoms with E-state index in [0.717, 1.165) is 24.1 Å². The van der Waals surface area contributed by atoms with E-state index in [-0.39, 0.29) is 30.2 Å². The van der Waals surface area contributed by atoms with Crippen LogP contribution in [0.25, 0.3) is 0 Å². The van der Waals surface area contributed by atoms with Crippen molar-refractivity contribution < 1.29 is 9.59 Å². The van der Waals surface area contributed by atoms with Gasteiger partial charge in [0.1, 0.15) is 0 Å². The van der Waals surface area contributed by atoms with Crippen LogP contribution in [-0.4, -0.2) is 45.1 Å². The first-order valence-electron chi connectivity index (χ1n) is 8.48. The SMILES string of the molecule is Cc1cnn(CCCNC(=O)[C@H]2CC(=O)N(C)[C@@H]2c2cccnc2)c1. The van der Waals surface area contributed by atoms with Crippen LogP contribution in [0.1, 0.15) is 30.0 Å². The van der Waals surface area contributed by atoms with Gasteiger partial charge < -0.3 is 10.2 Å². The molecule has 1 aliphatic heterocycles. The summed E-state index contributed by atoms with van der Waals surface area (Å²) in [7, 11) is 1.74. The van der Waals surface area contributed by atoms with Gasteiger partial charge in [-0.25, -0.2) is 0 Å². The van der Waals surface area contributed by atoms with Crippen molar-refractivity contribution in [2.75, 3.05) is 13.6 Å². The Kier molecular flexibility index (Phi) is 5.11. The Hall–Kier alpha value is -2.70. The summed E-state index contributed by atoms with van der Waals surface area (Å²) in [6.45, 7) is 3.31. The summed E-state index contributed by atoms with van der Waals surface area (Å²) in [5, 5.41) is 7.19. The first kappa shape index (κ1) is 17.1. The van der Waals surface area contributed by atoms with Crippen LogP contribution in [0, 0.1) is 12.8 Å². The minimum absolute atomic E-state index is 0.0129.